The van der Waals surface area contributed by atoms with Crippen molar-refractivity contribution in [2.75, 3.05) is 45.2 Å². The van der Waals surface area contributed by atoms with Gasteiger partial charge in [0.05, 0.1) is 7.11 Å². The zero-order valence-corrected chi connectivity index (χ0v) is 18.2. The Bertz CT molecular complexity index is 864. The van der Waals surface area contributed by atoms with Crippen LogP contribution in [-0.4, -0.2) is 61.5 Å². The van der Waals surface area contributed by atoms with Crippen LogP contribution in [0.2, 0.25) is 5.02 Å². The average Bonchev–Trinajstić information content (AvgIpc) is 2.77. The fourth-order valence-electron chi connectivity index (χ4n) is 3.65. The van der Waals surface area contributed by atoms with Crippen molar-refractivity contribution in [3.8, 4) is 0 Å². The normalized spacial score (nSPS) is 15.5. The van der Waals surface area contributed by atoms with Gasteiger partial charge in [-0.15, -0.1) is 0 Å². The molecule has 1 fully saturated rings. The first-order valence-corrected chi connectivity index (χ1v) is 10.5. The molecule has 0 aromatic heterocycles. The molecule has 7 heteroatoms. The van der Waals surface area contributed by atoms with Crippen LogP contribution < -0.4 is 5.32 Å². The van der Waals surface area contributed by atoms with Crippen LogP contribution in [0.4, 0.5) is 5.69 Å². The van der Waals surface area contributed by atoms with Gasteiger partial charge in [-0.2, -0.15) is 0 Å². The summed E-state index contributed by atoms with van der Waals surface area (Å²) in [5.74, 6) is -0.230. The van der Waals surface area contributed by atoms with E-state index in [9.17, 15) is 9.59 Å². The zero-order valence-electron chi connectivity index (χ0n) is 17.4. The van der Waals surface area contributed by atoms with Crippen molar-refractivity contribution in [2.45, 2.75) is 19.4 Å². The first kappa shape index (κ1) is 22.1. The van der Waals surface area contributed by atoms with Crippen LogP contribution in [0.15, 0.2) is 48.5 Å². The Morgan fingerprint density at radius 2 is 1.73 bits per heavy atom. The van der Waals surface area contributed by atoms with Gasteiger partial charge >= 0.3 is 5.97 Å². The predicted molar refractivity (Wildman–Crippen MR) is 119 cm³/mol. The molecule has 1 saturated heterocycles. The Kier molecular flexibility index (Phi) is 7.71. The minimum atomic E-state index is -0.566. The number of esters is 1. The van der Waals surface area contributed by atoms with Gasteiger partial charge in [-0.25, -0.2) is 4.79 Å². The Morgan fingerprint density at radius 3 is 2.37 bits per heavy atom. The Morgan fingerprint density at radius 1 is 1.07 bits per heavy atom. The third kappa shape index (κ3) is 5.52. The maximum Gasteiger partial charge on any atom is 0.327 e. The number of carbonyl (C=O) groups is 2. The SMILES string of the molecule is COC(=O)[C@H](c1ccccc1Cl)N1CCN(C(=O)CCNc2ccc(C)cc2)CC1. The van der Waals surface area contributed by atoms with Crippen LogP contribution >= 0.6 is 11.6 Å². The Balaban J connectivity index is 1.53. The summed E-state index contributed by atoms with van der Waals surface area (Å²) < 4.78 is 5.02. The number of ether oxygens (including phenoxy) is 1. The molecule has 3 rings (SSSR count). The van der Waals surface area contributed by atoms with E-state index in [-0.39, 0.29) is 11.9 Å². The van der Waals surface area contributed by atoms with Gasteiger partial charge in [0.25, 0.3) is 0 Å². The lowest BCUT2D eigenvalue weighted by Crippen LogP contribution is -2.51. The van der Waals surface area contributed by atoms with Gasteiger partial charge < -0.3 is 15.0 Å². The summed E-state index contributed by atoms with van der Waals surface area (Å²) in [6.07, 6.45) is 0.429. The lowest BCUT2D eigenvalue weighted by atomic mass is 10.0. The topological polar surface area (TPSA) is 61.9 Å². The first-order valence-electron chi connectivity index (χ1n) is 10.1. The second kappa shape index (κ2) is 10.5. The maximum absolute atomic E-state index is 12.6. The van der Waals surface area contributed by atoms with Gasteiger partial charge in [0.15, 0.2) is 0 Å². The summed E-state index contributed by atoms with van der Waals surface area (Å²) in [5.41, 5.74) is 2.95. The third-order valence-corrected chi connectivity index (χ3v) is 5.72. The van der Waals surface area contributed by atoms with Crippen LogP contribution in [0, 0.1) is 6.92 Å². The molecular weight excluding hydrogens is 402 g/mol. The molecule has 0 radical (unpaired) electrons. The maximum atomic E-state index is 12.6. The molecule has 1 heterocycles. The molecule has 0 bridgehead atoms. The van der Waals surface area contributed by atoms with E-state index in [1.807, 2.05) is 59.2 Å². The van der Waals surface area contributed by atoms with Crippen LogP contribution in [0.3, 0.4) is 0 Å². The number of anilines is 1. The van der Waals surface area contributed by atoms with Crippen molar-refractivity contribution in [2.24, 2.45) is 0 Å². The quantitative estimate of drug-likeness (QED) is 0.682. The molecule has 0 aliphatic carbocycles. The number of nitrogens with one attached hydrogen (secondary N) is 1. The molecule has 0 saturated carbocycles. The summed E-state index contributed by atoms with van der Waals surface area (Å²) in [6.45, 7) is 4.95. The highest BCUT2D eigenvalue weighted by molar-refractivity contribution is 6.31. The molecule has 1 aliphatic rings. The van der Waals surface area contributed by atoms with E-state index < -0.39 is 6.04 Å². The van der Waals surface area contributed by atoms with Gasteiger partial charge in [-0.05, 0) is 30.7 Å². The summed E-state index contributed by atoms with van der Waals surface area (Å²) in [7, 11) is 1.38. The monoisotopic (exact) mass is 429 g/mol. The molecule has 1 N–H and O–H groups in total. The number of halogens is 1. The lowest BCUT2D eigenvalue weighted by molar-refractivity contribution is -0.148. The van der Waals surface area contributed by atoms with Crippen LogP contribution in [0.25, 0.3) is 0 Å². The molecule has 6 nitrogen and oxygen atoms in total. The molecule has 1 amide bonds. The predicted octanol–water partition coefficient (Wildman–Crippen LogP) is 3.51. The largest absolute Gasteiger partial charge is 0.468 e. The van der Waals surface area contributed by atoms with Crippen LogP contribution in [-0.2, 0) is 14.3 Å². The average molecular weight is 430 g/mol. The second-order valence-electron chi connectivity index (χ2n) is 7.41. The summed E-state index contributed by atoms with van der Waals surface area (Å²) >= 11 is 6.33. The molecule has 160 valence electrons. The van der Waals surface area contributed by atoms with Crippen molar-refractivity contribution in [1.82, 2.24) is 9.80 Å². The number of amides is 1. The van der Waals surface area contributed by atoms with Crippen molar-refractivity contribution in [3.05, 3.63) is 64.7 Å². The standard InChI is InChI=1S/C23H28ClN3O3/c1-17-7-9-18(10-8-17)25-12-11-21(28)26-13-15-27(16-14-26)22(23(29)30-2)19-5-3-4-6-20(19)24/h3-10,22,25H,11-16H2,1-2H3/t22-/m0/s1. The summed E-state index contributed by atoms with van der Waals surface area (Å²) in [5, 5.41) is 3.82. The number of methoxy groups -OCH3 is 1. The molecule has 0 spiro atoms. The molecular formula is C23H28ClN3O3. The van der Waals surface area contributed by atoms with Crippen molar-refractivity contribution in [3.63, 3.8) is 0 Å². The molecule has 30 heavy (non-hydrogen) atoms. The number of aryl methyl sites for hydroxylation is 1. The van der Waals surface area contributed by atoms with E-state index in [0.717, 1.165) is 11.3 Å². The molecule has 2 aromatic rings. The number of piperazine rings is 1. The second-order valence-corrected chi connectivity index (χ2v) is 7.81. The highest BCUT2D eigenvalue weighted by Crippen LogP contribution is 2.29. The fraction of sp³-hybridized carbons (Fsp3) is 0.391. The number of nitrogens with zero attached hydrogens (tertiary/aromatic N) is 2. The van der Waals surface area contributed by atoms with Crippen molar-refractivity contribution in [1.29, 1.82) is 0 Å². The first-order chi connectivity index (χ1) is 14.5. The van der Waals surface area contributed by atoms with E-state index >= 15 is 0 Å². The number of benzene rings is 2. The van der Waals surface area contributed by atoms with Gasteiger partial charge in [0.2, 0.25) is 5.91 Å². The Labute approximate surface area is 182 Å². The molecule has 0 unspecified atom stereocenters. The van der Waals surface area contributed by atoms with Gasteiger partial charge in [0.1, 0.15) is 6.04 Å². The highest BCUT2D eigenvalue weighted by atomic mass is 35.5. The van der Waals surface area contributed by atoms with Crippen molar-refractivity contribution >= 4 is 29.2 Å². The third-order valence-electron chi connectivity index (χ3n) is 5.38. The summed E-state index contributed by atoms with van der Waals surface area (Å²) in [6, 6.07) is 14.9. The highest BCUT2D eigenvalue weighted by Gasteiger charge is 2.33. The van der Waals surface area contributed by atoms with Gasteiger partial charge in [-0.1, -0.05) is 47.5 Å². The van der Waals surface area contributed by atoms with E-state index in [4.69, 9.17) is 16.3 Å². The Hall–Kier alpha value is -2.57. The van der Waals surface area contributed by atoms with Gasteiger partial charge in [-0.3, -0.25) is 9.69 Å². The van der Waals surface area contributed by atoms with Crippen LogP contribution in [0.5, 0.6) is 0 Å². The van der Waals surface area contributed by atoms with Gasteiger partial charge in [0, 0.05) is 49.9 Å². The van der Waals surface area contributed by atoms with E-state index in [1.54, 1.807) is 6.07 Å². The van der Waals surface area contributed by atoms with Crippen molar-refractivity contribution < 1.29 is 14.3 Å². The molecule has 2 aromatic carbocycles. The number of carbonyl (C=O) groups excluding carboxylic acids is 2. The van der Waals surface area contributed by atoms with E-state index in [1.165, 1.54) is 12.7 Å². The number of hydrogen-bond donors (Lipinski definition) is 1. The number of hydrogen-bond acceptors (Lipinski definition) is 5. The molecule has 1 aliphatic heterocycles. The molecule has 1 atom stereocenters. The van der Waals surface area contributed by atoms with E-state index in [2.05, 4.69) is 5.32 Å². The lowest BCUT2D eigenvalue weighted by Gasteiger charge is -2.38. The fourth-order valence-corrected chi connectivity index (χ4v) is 3.89. The van der Waals surface area contributed by atoms with Crippen LogP contribution in [0.1, 0.15) is 23.6 Å². The summed E-state index contributed by atoms with van der Waals surface area (Å²) in [4.78, 5) is 28.9. The smallest absolute Gasteiger partial charge is 0.327 e. The minimum Gasteiger partial charge on any atom is -0.468 e. The minimum absolute atomic E-state index is 0.113. The van der Waals surface area contributed by atoms with E-state index in [0.29, 0.717) is 44.2 Å². The number of rotatable bonds is 7. The zero-order chi connectivity index (χ0) is 21.5.